The number of hydrogen-bond acceptors (Lipinski definition) is 5. The van der Waals surface area contributed by atoms with Gasteiger partial charge in [-0.1, -0.05) is 24.3 Å². The van der Waals surface area contributed by atoms with Crippen LogP contribution < -0.4 is 15.5 Å². The van der Waals surface area contributed by atoms with Gasteiger partial charge in [-0.25, -0.2) is 14.4 Å². The summed E-state index contributed by atoms with van der Waals surface area (Å²) in [6, 6.07) is 17.8. The zero-order valence-electron chi connectivity index (χ0n) is 13.3. The summed E-state index contributed by atoms with van der Waals surface area (Å²) in [5.74, 6) is 0.285. The van der Waals surface area contributed by atoms with E-state index in [1.165, 1.54) is 6.33 Å². The van der Waals surface area contributed by atoms with E-state index in [1.807, 2.05) is 24.3 Å². The lowest BCUT2D eigenvalue weighted by Gasteiger charge is -2.14. The van der Waals surface area contributed by atoms with Crippen LogP contribution in [0.4, 0.5) is 17.2 Å². The zero-order valence-corrected chi connectivity index (χ0v) is 14.0. The second-order valence-corrected chi connectivity index (χ2v) is 5.56. The molecule has 126 valence electrons. The Morgan fingerprint density at radius 2 is 1.88 bits per heavy atom. The third-order valence-electron chi connectivity index (χ3n) is 3.48. The molecule has 0 fully saturated rings. The van der Waals surface area contributed by atoms with E-state index >= 15 is 0 Å². The van der Waals surface area contributed by atoms with Crippen molar-refractivity contribution in [3.8, 4) is 0 Å². The summed E-state index contributed by atoms with van der Waals surface area (Å²) in [6.07, 6.45) is 1.44. The van der Waals surface area contributed by atoms with E-state index in [0.29, 0.717) is 29.3 Å². The summed E-state index contributed by atoms with van der Waals surface area (Å²) in [4.78, 5) is 20.8. The Labute approximate surface area is 150 Å². The minimum atomic E-state index is -0.318. The fourth-order valence-corrected chi connectivity index (χ4v) is 2.46. The molecule has 3 rings (SSSR count). The second kappa shape index (κ2) is 7.74. The summed E-state index contributed by atoms with van der Waals surface area (Å²) in [5.41, 5.74) is 8.08. The largest absolute Gasteiger partial charge is 0.340 e. The number of nitrogens with zero attached hydrogens (tertiary/aromatic N) is 3. The van der Waals surface area contributed by atoms with E-state index in [4.69, 9.17) is 17.5 Å². The predicted molar refractivity (Wildman–Crippen MR) is 98.8 cm³/mol. The van der Waals surface area contributed by atoms with E-state index < -0.39 is 0 Å². The Morgan fingerprint density at radius 1 is 1.08 bits per heavy atom. The van der Waals surface area contributed by atoms with Crippen molar-refractivity contribution in [1.82, 2.24) is 9.97 Å². The number of rotatable bonds is 5. The monoisotopic (exact) mass is 353 g/mol. The lowest BCUT2D eigenvalue weighted by Crippen LogP contribution is -2.20. The van der Waals surface area contributed by atoms with Gasteiger partial charge in [-0.2, -0.15) is 0 Å². The van der Waals surface area contributed by atoms with E-state index in [0.717, 1.165) is 10.1 Å². The molecule has 0 saturated carbocycles. The van der Waals surface area contributed by atoms with Crippen LogP contribution in [0.15, 0.2) is 67.0 Å². The van der Waals surface area contributed by atoms with Gasteiger partial charge in [-0.15, -0.1) is 0 Å². The molecule has 1 heterocycles. The first-order valence-corrected chi connectivity index (χ1v) is 7.94. The average molecular weight is 354 g/mol. The van der Waals surface area contributed by atoms with Crippen LogP contribution in [0, 0.1) is 0 Å². The number of nitrogens with one attached hydrogen (secondary N) is 1. The molecule has 7 heteroatoms. The van der Waals surface area contributed by atoms with Gasteiger partial charge in [0.15, 0.2) is 0 Å². The maximum Gasteiger partial charge on any atom is 0.272 e. The molecule has 0 aliphatic rings. The third-order valence-corrected chi connectivity index (χ3v) is 3.82. The van der Waals surface area contributed by atoms with Gasteiger partial charge in [-0.05, 0) is 30.3 Å². The van der Waals surface area contributed by atoms with Crippen LogP contribution in [0.2, 0.25) is 0 Å². The van der Waals surface area contributed by atoms with Crippen LogP contribution >= 0.6 is 11.8 Å². The molecular formula is C18H16ClN5O. The summed E-state index contributed by atoms with van der Waals surface area (Å²) in [6.45, 7) is 0.327. The second-order valence-electron chi connectivity index (χ2n) is 5.23. The van der Waals surface area contributed by atoms with Crippen molar-refractivity contribution in [2.75, 3.05) is 9.74 Å². The van der Waals surface area contributed by atoms with Gasteiger partial charge in [0.05, 0.1) is 11.4 Å². The fraction of sp³-hybridized carbons (Fsp3) is 0.0556. The van der Waals surface area contributed by atoms with Crippen molar-refractivity contribution in [2.24, 2.45) is 5.73 Å². The molecule has 3 N–H and O–H groups in total. The Balaban J connectivity index is 1.80. The normalized spacial score (nSPS) is 10.3. The quantitative estimate of drug-likeness (QED) is 0.686. The average Bonchev–Trinajstić information content (AvgIpc) is 2.68. The lowest BCUT2D eigenvalue weighted by molar-refractivity contribution is 0.101. The number of para-hydroxylation sites is 1. The standard InChI is InChI=1S/C18H16ClN5O/c19-24(16-7-2-1-3-8-16)18(25)13-5-4-6-14(9-13)23-17-10-15(11-20)21-12-22-17/h1-10,12H,11,20H2,(H,21,22,23). The fourth-order valence-electron chi connectivity index (χ4n) is 2.24. The molecule has 25 heavy (non-hydrogen) atoms. The minimum Gasteiger partial charge on any atom is -0.340 e. The predicted octanol–water partition coefficient (Wildman–Crippen LogP) is 3.48. The molecule has 0 atom stereocenters. The van der Waals surface area contributed by atoms with Crippen molar-refractivity contribution in [1.29, 1.82) is 0 Å². The van der Waals surface area contributed by atoms with Crippen molar-refractivity contribution >= 4 is 34.9 Å². The Bertz CT molecular complexity index is 872. The first kappa shape index (κ1) is 16.9. The highest BCUT2D eigenvalue weighted by molar-refractivity contribution is 6.39. The SMILES string of the molecule is NCc1cc(Nc2cccc(C(=O)N(Cl)c3ccccc3)c2)ncn1. The number of anilines is 3. The highest BCUT2D eigenvalue weighted by Crippen LogP contribution is 2.22. The number of carbonyl (C=O) groups is 1. The maximum atomic E-state index is 12.6. The van der Waals surface area contributed by atoms with Gasteiger partial charge in [-0.3, -0.25) is 4.79 Å². The van der Waals surface area contributed by atoms with Crippen LogP contribution in [-0.2, 0) is 6.54 Å². The molecule has 1 aromatic heterocycles. The van der Waals surface area contributed by atoms with Gasteiger partial charge in [0.25, 0.3) is 5.91 Å². The molecule has 0 radical (unpaired) electrons. The molecule has 0 saturated heterocycles. The molecule has 3 aromatic rings. The van der Waals surface area contributed by atoms with Gasteiger partial charge in [0, 0.05) is 35.6 Å². The number of nitrogens with two attached hydrogens (primary N) is 1. The van der Waals surface area contributed by atoms with Crippen LogP contribution in [0.3, 0.4) is 0 Å². The molecule has 0 bridgehead atoms. The summed E-state index contributed by atoms with van der Waals surface area (Å²) >= 11 is 6.17. The smallest absolute Gasteiger partial charge is 0.272 e. The van der Waals surface area contributed by atoms with Crippen molar-refractivity contribution in [3.63, 3.8) is 0 Å². The first-order valence-electron chi connectivity index (χ1n) is 7.61. The van der Waals surface area contributed by atoms with Crippen molar-refractivity contribution in [3.05, 3.63) is 78.2 Å². The first-order chi connectivity index (χ1) is 12.2. The van der Waals surface area contributed by atoms with Gasteiger partial charge in [0.2, 0.25) is 0 Å². The summed E-state index contributed by atoms with van der Waals surface area (Å²) in [7, 11) is 0. The van der Waals surface area contributed by atoms with Crippen LogP contribution in [-0.4, -0.2) is 15.9 Å². The molecule has 0 unspecified atom stereocenters. The molecule has 0 spiro atoms. The molecular weight excluding hydrogens is 338 g/mol. The van der Waals surface area contributed by atoms with E-state index in [2.05, 4.69) is 15.3 Å². The van der Waals surface area contributed by atoms with Crippen LogP contribution in [0.25, 0.3) is 0 Å². The highest BCUT2D eigenvalue weighted by atomic mass is 35.5. The zero-order chi connectivity index (χ0) is 17.6. The van der Waals surface area contributed by atoms with E-state index in [9.17, 15) is 4.79 Å². The Kier molecular flexibility index (Phi) is 5.23. The minimum absolute atomic E-state index is 0.318. The number of halogens is 1. The number of hydrogen-bond donors (Lipinski definition) is 2. The van der Waals surface area contributed by atoms with Crippen LogP contribution in [0.5, 0.6) is 0 Å². The number of benzene rings is 2. The van der Waals surface area contributed by atoms with Crippen molar-refractivity contribution < 1.29 is 4.79 Å². The summed E-state index contributed by atoms with van der Waals surface area (Å²) < 4.78 is 1.09. The topological polar surface area (TPSA) is 84.1 Å². The molecule has 6 nitrogen and oxygen atoms in total. The van der Waals surface area contributed by atoms with Gasteiger partial charge >= 0.3 is 0 Å². The Morgan fingerprint density at radius 3 is 2.64 bits per heavy atom. The van der Waals surface area contributed by atoms with Gasteiger partial charge < -0.3 is 11.1 Å². The maximum absolute atomic E-state index is 12.6. The highest BCUT2D eigenvalue weighted by Gasteiger charge is 2.16. The third kappa shape index (κ3) is 4.12. The van der Waals surface area contributed by atoms with Gasteiger partial charge in [0.1, 0.15) is 12.1 Å². The molecule has 0 aliphatic heterocycles. The van der Waals surface area contributed by atoms with Crippen molar-refractivity contribution in [2.45, 2.75) is 6.54 Å². The van der Waals surface area contributed by atoms with E-state index in [-0.39, 0.29) is 5.91 Å². The molecule has 1 amide bonds. The number of carbonyl (C=O) groups excluding carboxylic acids is 1. The van der Waals surface area contributed by atoms with E-state index in [1.54, 1.807) is 36.4 Å². The van der Waals surface area contributed by atoms with Crippen LogP contribution in [0.1, 0.15) is 16.1 Å². The number of amides is 1. The molecule has 0 aliphatic carbocycles. The lowest BCUT2D eigenvalue weighted by atomic mass is 10.1. The summed E-state index contributed by atoms with van der Waals surface area (Å²) in [5, 5.41) is 3.13. The number of aromatic nitrogens is 2. The molecule has 2 aromatic carbocycles. The Hall–Kier alpha value is -2.96.